The number of halogens is 4. The van der Waals surface area contributed by atoms with E-state index in [4.69, 9.17) is 46.4 Å². The zero-order valence-electron chi connectivity index (χ0n) is 9.25. The maximum Gasteiger partial charge on any atom is 0.255 e. The Bertz CT molecular complexity index is 625. The van der Waals surface area contributed by atoms with Gasteiger partial charge in [-0.25, -0.2) is 4.98 Å². The Hall–Kier alpha value is -1.00. The maximum atomic E-state index is 12.0. The van der Waals surface area contributed by atoms with Gasteiger partial charge < -0.3 is 5.32 Å². The SMILES string of the molecule is O=C(Nc1cc(Cl)ccc1Cl)c1cc(Cl)nc(Cl)c1. The fraction of sp³-hybridized carbons (Fsp3) is 0. The predicted molar refractivity (Wildman–Crippen MR) is 78.7 cm³/mol. The number of hydrogen-bond acceptors (Lipinski definition) is 2. The first kappa shape index (κ1) is 14.4. The molecule has 2 aromatic rings. The van der Waals surface area contributed by atoms with Crippen LogP contribution in [0.25, 0.3) is 0 Å². The van der Waals surface area contributed by atoms with E-state index in [9.17, 15) is 4.79 Å². The van der Waals surface area contributed by atoms with E-state index in [2.05, 4.69) is 10.3 Å². The summed E-state index contributed by atoms with van der Waals surface area (Å²) in [6.45, 7) is 0. The lowest BCUT2D eigenvalue weighted by atomic mass is 10.2. The van der Waals surface area contributed by atoms with Gasteiger partial charge in [-0.15, -0.1) is 0 Å². The van der Waals surface area contributed by atoms with Gasteiger partial charge in [0.05, 0.1) is 10.7 Å². The summed E-state index contributed by atoms with van der Waals surface area (Å²) in [5.74, 6) is -0.407. The van der Waals surface area contributed by atoms with Crippen LogP contribution in [0.15, 0.2) is 30.3 Å². The molecule has 1 amide bonds. The molecule has 0 spiro atoms. The van der Waals surface area contributed by atoms with Crippen molar-refractivity contribution in [2.45, 2.75) is 0 Å². The number of benzene rings is 1. The molecule has 2 rings (SSSR count). The van der Waals surface area contributed by atoms with E-state index in [1.807, 2.05) is 0 Å². The highest BCUT2D eigenvalue weighted by molar-refractivity contribution is 6.36. The van der Waals surface area contributed by atoms with Crippen molar-refractivity contribution in [2.75, 3.05) is 5.32 Å². The Balaban J connectivity index is 2.28. The van der Waals surface area contributed by atoms with Crippen LogP contribution in [0, 0.1) is 0 Å². The third kappa shape index (κ3) is 3.74. The molecule has 0 radical (unpaired) electrons. The largest absolute Gasteiger partial charge is 0.321 e. The quantitative estimate of drug-likeness (QED) is 0.789. The predicted octanol–water partition coefficient (Wildman–Crippen LogP) is 4.95. The van der Waals surface area contributed by atoms with Gasteiger partial charge in [-0.2, -0.15) is 0 Å². The number of pyridine rings is 1. The van der Waals surface area contributed by atoms with E-state index in [-0.39, 0.29) is 15.9 Å². The van der Waals surface area contributed by atoms with Crippen molar-refractivity contribution in [3.8, 4) is 0 Å². The highest BCUT2D eigenvalue weighted by Crippen LogP contribution is 2.26. The van der Waals surface area contributed by atoms with E-state index in [0.717, 1.165) is 0 Å². The zero-order chi connectivity index (χ0) is 14.0. The standard InChI is InChI=1S/C12H6Cl4N2O/c13-7-1-2-8(14)9(5-7)17-12(19)6-3-10(15)18-11(16)4-6/h1-5H,(H,17,19). The fourth-order valence-corrected chi connectivity index (χ4v) is 2.18. The zero-order valence-corrected chi connectivity index (χ0v) is 12.3. The first-order chi connectivity index (χ1) is 8.95. The molecule has 0 aliphatic rings. The Kier molecular flexibility index (Phi) is 4.53. The molecule has 1 aromatic carbocycles. The van der Waals surface area contributed by atoms with E-state index in [1.165, 1.54) is 12.1 Å². The third-order valence-corrected chi connectivity index (χ3v) is 3.15. The van der Waals surface area contributed by atoms with Crippen molar-refractivity contribution in [3.63, 3.8) is 0 Å². The van der Waals surface area contributed by atoms with Gasteiger partial charge in [0.25, 0.3) is 5.91 Å². The van der Waals surface area contributed by atoms with Crippen LogP contribution in [0.2, 0.25) is 20.4 Å². The van der Waals surface area contributed by atoms with E-state index in [1.54, 1.807) is 18.2 Å². The lowest BCUT2D eigenvalue weighted by Gasteiger charge is -2.08. The number of hydrogen-bond donors (Lipinski definition) is 1. The van der Waals surface area contributed by atoms with Gasteiger partial charge >= 0.3 is 0 Å². The monoisotopic (exact) mass is 334 g/mol. The van der Waals surface area contributed by atoms with Crippen molar-refractivity contribution in [3.05, 3.63) is 56.2 Å². The molecule has 0 atom stereocenters. The van der Waals surface area contributed by atoms with Crippen LogP contribution >= 0.6 is 46.4 Å². The summed E-state index contributed by atoms with van der Waals surface area (Å²) in [6.07, 6.45) is 0. The highest BCUT2D eigenvalue weighted by Gasteiger charge is 2.11. The lowest BCUT2D eigenvalue weighted by Crippen LogP contribution is -2.12. The van der Waals surface area contributed by atoms with Crippen LogP contribution in [0.3, 0.4) is 0 Å². The summed E-state index contributed by atoms with van der Waals surface area (Å²) in [7, 11) is 0. The molecule has 19 heavy (non-hydrogen) atoms. The van der Waals surface area contributed by atoms with Crippen molar-refractivity contribution >= 4 is 58.0 Å². The van der Waals surface area contributed by atoms with Gasteiger partial charge in [-0.05, 0) is 30.3 Å². The second-order valence-electron chi connectivity index (χ2n) is 3.58. The number of amides is 1. The molecule has 0 aliphatic carbocycles. The van der Waals surface area contributed by atoms with Crippen LogP contribution in [0.1, 0.15) is 10.4 Å². The van der Waals surface area contributed by atoms with Crippen LogP contribution in [-0.4, -0.2) is 10.9 Å². The number of carbonyl (C=O) groups is 1. The van der Waals surface area contributed by atoms with E-state index < -0.39 is 5.91 Å². The summed E-state index contributed by atoms with van der Waals surface area (Å²) >= 11 is 23.2. The Labute approximate surface area is 129 Å². The minimum Gasteiger partial charge on any atom is -0.321 e. The van der Waals surface area contributed by atoms with Gasteiger partial charge in [0.15, 0.2) is 0 Å². The average molecular weight is 336 g/mol. The maximum absolute atomic E-state index is 12.0. The smallest absolute Gasteiger partial charge is 0.255 e. The molecular formula is C12H6Cl4N2O. The van der Waals surface area contributed by atoms with Gasteiger partial charge in [0.1, 0.15) is 10.3 Å². The van der Waals surface area contributed by atoms with E-state index >= 15 is 0 Å². The van der Waals surface area contributed by atoms with Crippen LogP contribution in [-0.2, 0) is 0 Å². The summed E-state index contributed by atoms with van der Waals surface area (Å²) in [5, 5.41) is 3.73. The second kappa shape index (κ2) is 5.97. The fourth-order valence-electron chi connectivity index (χ4n) is 1.38. The summed E-state index contributed by atoms with van der Waals surface area (Å²) in [6, 6.07) is 7.57. The molecule has 0 saturated heterocycles. The number of anilines is 1. The summed E-state index contributed by atoms with van der Waals surface area (Å²) < 4.78 is 0. The lowest BCUT2D eigenvalue weighted by molar-refractivity contribution is 0.102. The number of nitrogens with zero attached hydrogens (tertiary/aromatic N) is 1. The number of rotatable bonds is 2. The summed E-state index contributed by atoms with van der Waals surface area (Å²) in [5.41, 5.74) is 0.685. The molecule has 7 heteroatoms. The minimum atomic E-state index is -0.407. The minimum absolute atomic E-state index is 0.134. The Morgan fingerprint density at radius 1 is 1.00 bits per heavy atom. The Morgan fingerprint density at radius 2 is 1.63 bits per heavy atom. The van der Waals surface area contributed by atoms with Crippen molar-refractivity contribution in [1.82, 2.24) is 4.98 Å². The first-order valence-electron chi connectivity index (χ1n) is 5.05. The van der Waals surface area contributed by atoms with Crippen molar-refractivity contribution in [2.24, 2.45) is 0 Å². The molecular weight excluding hydrogens is 330 g/mol. The average Bonchev–Trinajstić information content (AvgIpc) is 2.32. The first-order valence-corrected chi connectivity index (χ1v) is 6.56. The molecule has 98 valence electrons. The number of nitrogens with one attached hydrogen (secondary N) is 1. The molecule has 0 saturated carbocycles. The molecule has 0 unspecified atom stereocenters. The van der Waals surface area contributed by atoms with Crippen LogP contribution < -0.4 is 5.32 Å². The molecule has 1 N–H and O–H groups in total. The summed E-state index contributed by atoms with van der Waals surface area (Å²) in [4.78, 5) is 15.8. The second-order valence-corrected chi connectivity index (χ2v) is 5.20. The molecule has 3 nitrogen and oxygen atoms in total. The van der Waals surface area contributed by atoms with Gasteiger partial charge in [0, 0.05) is 10.6 Å². The molecule has 0 aliphatic heterocycles. The topological polar surface area (TPSA) is 42.0 Å². The van der Waals surface area contributed by atoms with Crippen molar-refractivity contribution < 1.29 is 4.79 Å². The van der Waals surface area contributed by atoms with E-state index in [0.29, 0.717) is 15.7 Å². The third-order valence-electron chi connectivity index (χ3n) is 2.20. The number of carbonyl (C=O) groups excluding carboxylic acids is 1. The molecule has 0 bridgehead atoms. The van der Waals surface area contributed by atoms with Gasteiger partial charge in [0.2, 0.25) is 0 Å². The number of aromatic nitrogens is 1. The molecule has 0 fully saturated rings. The molecule has 1 heterocycles. The van der Waals surface area contributed by atoms with Gasteiger partial charge in [-0.1, -0.05) is 46.4 Å². The Morgan fingerprint density at radius 3 is 2.26 bits per heavy atom. The van der Waals surface area contributed by atoms with Gasteiger partial charge in [-0.3, -0.25) is 4.79 Å². The molecule has 1 aromatic heterocycles. The van der Waals surface area contributed by atoms with Crippen LogP contribution in [0.4, 0.5) is 5.69 Å². The van der Waals surface area contributed by atoms with Crippen molar-refractivity contribution in [1.29, 1.82) is 0 Å². The van der Waals surface area contributed by atoms with Crippen LogP contribution in [0.5, 0.6) is 0 Å². The highest BCUT2D eigenvalue weighted by atomic mass is 35.5. The normalized spacial score (nSPS) is 10.3.